The predicted molar refractivity (Wildman–Crippen MR) is 118 cm³/mol. The van der Waals surface area contributed by atoms with Gasteiger partial charge in [-0.1, -0.05) is 42.4 Å². The number of aromatic nitrogens is 1. The van der Waals surface area contributed by atoms with Crippen molar-refractivity contribution in [3.63, 3.8) is 0 Å². The first-order chi connectivity index (χ1) is 14.8. The highest BCUT2D eigenvalue weighted by atomic mass is 35.5. The number of thioether (sulfide) groups is 1. The third-order valence-electron chi connectivity index (χ3n) is 4.61. The van der Waals surface area contributed by atoms with Gasteiger partial charge in [-0.15, -0.1) is 11.3 Å². The maximum atomic E-state index is 13.7. The van der Waals surface area contributed by atoms with Gasteiger partial charge < -0.3 is 5.11 Å². The number of benzene rings is 2. The Hall–Kier alpha value is -2.36. The molecular formula is C21H15ClF3N3OS2. The van der Waals surface area contributed by atoms with E-state index in [9.17, 15) is 18.3 Å². The van der Waals surface area contributed by atoms with Gasteiger partial charge in [0, 0.05) is 17.0 Å². The Morgan fingerprint density at radius 3 is 2.74 bits per heavy atom. The number of rotatable bonds is 5. The molecule has 10 heteroatoms. The summed E-state index contributed by atoms with van der Waals surface area (Å²) in [6.07, 6.45) is -3.04. The van der Waals surface area contributed by atoms with E-state index in [0.717, 1.165) is 17.4 Å². The highest BCUT2D eigenvalue weighted by molar-refractivity contribution is 8.01. The predicted octanol–water partition coefficient (Wildman–Crippen LogP) is 5.04. The van der Waals surface area contributed by atoms with Crippen LogP contribution in [0.15, 0.2) is 50.9 Å². The SMILES string of the molecule is CCSc1nc(O)c(C(Cc2ccc(Cl)cc2C(F)(F)F)=c2ccc3c(c2)C=NN=3)s1. The van der Waals surface area contributed by atoms with E-state index >= 15 is 0 Å². The minimum atomic E-state index is -4.56. The van der Waals surface area contributed by atoms with Crippen molar-refractivity contribution in [3.8, 4) is 5.88 Å². The quantitative estimate of drug-likeness (QED) is 0.519. The number of alkyl halides is 3. The monoisotopic (exact) mass is 481 g/mol. The molecule has 0 spiro atoms. The van der Waals surface area contributed by atoms with Crippen molar-refractivity contribution in [3.05, 3.63) is 73.6 Å². The van der Waals surface area contributed by atoms with Crippen LogP contribution in [0.3, 0.4) is 0 Å². The maximum absolute atomic E-state index is 13.7. The summed E-state index contributed by atoms with van der Waals surface area (Å²) in [5.74, 6) is 0.561. The second kappa shape index (κ2) is 8.64. The first-order valence-electron chi connectivity index (χ1n) is 9.19. The highest BCUT2D eigenvalue weighted by Crippen LogP contribution is 2.39. The molecule has 0 atom stereocenters. The lowest BCUT2D eigenvalue weighted by Gasteiger charge is -2.15. The van der Waals surface area contributed by atoms with Gasteiger partial charge in [-0.2, -0.15) is 28.4 Å². The summed E-state index contributed by atoms with van der Waals surface area (Å²) in [7, 11) is 0. The molecule has 0 saturated heterocycles. The van der Waals surface area contributed by atoms with Crippen molar-refractivity contribution < 1.29 is 18.3 Å². The zero-order chi connectivity index (χ0) is 22.2. The number of thiazole rings is 1. The number of nitrogens with zero attached hydrogens (tertiary/aromatic N) is 3. The lowest BCUT2D eigenvalue weighted by molar-refractivity contribution is -0.138. The van der Waals surface area contributed by atoms with Crippen molar-refractivity contribution in [2.45, 2.75) is 23.9 Å². The first-order valence-corrected chi connectivity index (χ1v) is 11.4. The zero-order valence-corrected chi connectivity index (χ0v) is 18.5. The van der Waals surface area contributed by atoms with Gasteiger partial charge in [0.1, 0.15) is 0 Å². The van der Waals surface area contributed by atoms with Crippen LogP contribution in [0.2, 0.25) is 5.02 Å². The van der Waals surface area contributed by atoms with Gasteiger partial charge >= 0.3 is 6.18 Å². The van der Waals surface area contributed by atoms with Crippen molar-refractivity contribution in [2.75, 3.05) is 5.75 Å². The molecule has 0 saturated carbocycles. The molecule has 1 N–H and O–H groups in total. The number of hydrogen-bond acceptors (Lipinski definition) is 6. The Kier molecular flexibility index (Phi) is 6.09. The molecule has 0 fully saturated rings. The second-order valence-corrected chi connectivity index (χ2v) is 9.58. The van der Waals surface area contributed by atoms with Crippen molar-refractivity contribution in [1.82, 2.24) is 4.98 Å². The van der Waals surface area contributed by atoms with E-state index in [1.165, 1.54) is 35.2 Å². The molecule has 2 aromatic carbocycles. The van der Waals surface area contributed by atoms with E-state index in [-0.39, 0.29) is 22.9 Å². The van der Waals surface area contributed by atoms with Crippen LogP contribution in [0.1, 0.15) is 28.5 Å². The molecule has 3 aromatic rings. The molecule has 4 nitrogen and oxygen atoms in total. The molecule has 0 unspecified atom stereocenters. The summed E-state index contributed by atoms with van der Waals surface area (Å²) < 4.78 is 41.7. The van der Waals surface area contributed by atoms with Crippen molar-refractivity contribution in [1.29, 1.82) is 0 Å². The number of hydrogen-bond donors (Lipinski definition) is 1. The summed E-state index contributed by atoms with van der Waals surface area (Å²) in [5, 5.41) is 19.7. The van der Waals surface area contributed by atoms with Crippen molar-refractivity contribution in [2.24, 2.45) is 10.2 Å². The third kappa shape index (κ3) is 4.63. The Morgan fingerprint density at radius 2 is 2.00 bits per heavy atom. The van der Waals surface area contributed by atoms with Gasteiger partial charge in [0.2, 0.25) is 5.88 Å². The summed E-state index contributed by atoms with van der Waals surface area (Å²) in [4.78, 5) is 4.61. The molecule has 0 aliphatic carbocycles. The van der Waals surface area contributed by atoms with Crippen LogP contribution in [0.25, 0.3) is 5.57 Å². The van der Waals surface area contributed by atoms with E-state index in [1.807, 2.05) is 6.92 Å². The highest BCUT2D eigenvalue weighted by Gasteiger charge is 2.34. The van der Waals surface area contributed by atoms with Crippen molar-refractivity contribution >= 4 is 46.5 Å². The minimum Gasteiger partial charge on any atom is -0.492 e. The average Bonchev–Trinajstić information content (AvgIpc) is 3.32. The van der Waals surface area contributed by atoms with Crippen LogP contribution in [-0.2, 0) is 12.6 Å². The van der Waals surface area contributed by atoms with Crippen LogP contribution < -0.4 is 10.6 Å². The fraction of sp³-hybridized carbons (Fsp3) is 0.190. The Balaban J connectivity index is 1.93. The van der Waals surface area contributed by atoms with E-state index < -0.39 is 11.7 Å². The molecule has 4 rings (SSSR count). The molecule has 1 aliphatic rings. The molecule has 0 radical (unpaired) electrons. The Labute approximate surface area is 188 Å². The van der Waals surface area contributed by atoms with Gasteiger partial charge in [0.15, 0.2) is 4.34 Å². The number of halogens is 4. The van der Waals surface area contributed by atoms with Crippen LogP contribution in [0.4, 0.5) is 13.2 Å². The summed E-state index contributed by atoms with van der Waals surface area (Å²) >= 11 is 8.55. The van der Waals surface area contributed by atoms with Crippen LogP contribution in [-0.4, -0.2) is 22.1 Å². The van der Waals surface area contributed by atoms with Gasteiger partial charge in [-0.3, -0.25) is 0 Å². The molecule has 1 aromatic heterocycles. The topological polar surface area (TPSA) is 57.8 Å². The summed E-state index contributed by atoms with van der Waals surface area (Å²) in [6.45, 7) is 1.96. The minimum absolute atomic E-state index is 0.00949. The van der Waals surface area contributed by atoms with E-state index in [4.69, 9.17) is 11.6 Å². The third-order valence-corrected chi connectivity index (χ3v) is 6.98. The molecule has 160 valence electrons. The summed E-state index contributed by atoms with van der Waals surface area (Å²) in [6, 6.07) is 9.05. The second-order valence-electron chi connectivity index (χ2n) is 6.64. The fourth-order valence-electron chi connectivity index (χ4n) is 3.24. The normalized spacial score (nSPS) is 13.8. The average molecular weight is 482 g/mol. The molecule has 0 amide bonds. The van der Waals surface area contributed by atoms with Crippen LogP contribution in [0, 0.1) is 0 Å². The smallest absolute Gasteiger partial charge is 0.416 e. The number of fused-ring (bicyclic) bond motifs is 1. The fourth-order valence-corrected chi connectivity index (χ4v) is 5.40. The van der Waals surface area contributed by atoms with Gasteiger partial charge in [0.05, 0.1) is 22.0 Å². The van der Waals surface area contributed by atoms with Crippen LogP contribution in [0.5, 0.6) is 5.88 Å². The maximum Gasteiger partial charge on any atom is 0.416 e. The largest absolute Gasteiger partial charge is 0.492 e. The molecular weight excluding hydrogens is 467 g/mol. The zero-order valence-electron chi connectivity index (χ0n) is 16.1. The van der Waals surface area contributed by atoms with E-state index in [0.29, 0.717) is 25.4 Å². The Bertz CT molecular complexity index is 1300. The van der Waals surface area contributed by atoms with E-state index in [2.05, 4.69) is 15.2 Å². The van der Waals surface area contributed by atoms with Gasteiger partial charge in [0.25, 0.3) is 0 Å². The van der Waals surface area contributed by atoms with Gasteiger partial charge in [-0.25, -0.2) is 0 Å². The van der Waals surface area contributed by atoms with E-state index in [1.54, 1.807) is 24.4 Å². The van der Waals surface area contributed by atoms with Gasteiger partial charge in [-0.05, 0) is 46.4 Å². The lowest BCUT2D eigenvalue weighted by atomic mass is 9.96. The molecule has 1 aliphatic heterocycles. The Morgan fingerprint density at radius 1 is 1.19 bits per heavy atom. The summed E-state index contributed by atoms with van der Waals surface area (Å²) in [5.41, 5.74) is 0.550. The molecule has 0 bridgehead atoms. The number of aromatic hydroxyl groups is 1. The lowest BCUT2D eigenvalue weighted by Crippen LogP contribution is -2.17. The molecule has 31 heavy (non-hydrogen) atoms. The molecule has 2 heterocycles. The van der Waals surface area contributed by atoms with Crippen LogP contribution >= 0.6 is 34.7 Å². The standard InChI is InChI=1S/C21H15ClF3N3OS2/c1-2-30-20-27-19(29)18(31-20)15(11-4-6-17-13(7-11)10-26-28-17)8-12-3-5-14(22)9-16(12)21(23,24)25/h3-7,9-10,29H,2,8H2,1H3. The first kappa shape index (κ1) is 21.9.